The second-order valence-corrected chi connectivity index (χ2v) is 4.51. The maximum atomic E-state index is 11.8. The van der Waals surface area contributed by atoms with E-state index in [1.165, 1.54) is 0 Å². The van der Waals surface area contributed by atoms with Crippen LogP contribution < -0.4 is 9.47 Å². The molecule has 106 valence electrons. The molecule has 2 aliphatic rings. The summed E-state index contributed by atoms with van der Waals surface area (Å²) in [5.74, 6) is 0.626. The molecule has 2 atom stereocenters. The smallest absolute Gasteiger partial charge is 0.351 e. The molecule has 1 aromatic carbocycles. The lowest BCUT2D eigenvalue weighted by Gasteiger charge is -2.25. The molecule has 0 spiro atoms. The van der Waals surface area contributed by atoms with Crippen molar-refractivity contribution in [2.45, 2.75) is 13.0 Å². The van der Waals surface area contributed by atoms with E-state index in [2.05, 4.69) is 5.16 Å². The molecule has 2 heterocycles. The number of benzene rings is 1. The van der Waals surface area contributed by atoms with Crippen LogP contribution in [0.2, 0.25) is 0 Å². The number of hydrogen-bond acceptors (Lipinski definition) is 6. The molecule has 0 saturated heterocycles. The molecular formula is C14H15NO5. The topological polar surface area (TPSA) is 66.4 Å². The molecule has 0 saturated carbocycles. The van der Waals surface area contributed by atoms with Gasteiger partial charge in [-0.1, -0.05) is 11.2 Å². The van der Waals surface area contributed by atoms with Crippen LogP contribution in [0.25, 0.3) is 0 Å². The fourth-order valence-electron chi connectivity index (χ4n) is 2.45. The van der Waals surface area contributed by atoms with Crippen molar-refractivity contribution in [2.75, 3.05) is 20.3 Å². The minimum atomic E-state index is -0.732. The molecule has 0 bridgehead atoms. The zero-order valence-corrected chi connectivity index (χ0v) is 11.3. The third-order valence-electron chi connectivity index (χ3n) is 3.38. The number of carbonyl (C=O) groups excluding carboxylic acids is 1. The van der Waals surface area contributed by atoms with Crippen LogP contribution in [-0.2, 0) is 14.4 Å². The Morgan fingerprint density at radius 2 is 2.35 bits per heavy atom. The molecule has 2 unspecified atom stereocenters. The molecule has 1 aromatic rings. The highest BCUT2D eigenvalue weighted by atomic mass is 16.7. The highest BCUT2D eigenvalue weighted by molar-refractivity contribution is 6.08. The van der Waals surface area contributed by atoms with Gasteiger partial charge < -0.3 is 19.0 Å². The Bertz CT molecular complexity index is 569. The lowest BCUT2D eigenvalue weighted by molar-refractivity contribution is -0.157. The molecule has 0 aliphatic carbocycles. The fourth-order valence-corrected chi connectivity index (χ4v) is 2.45. The number of methoxy groups -OCH3 is 1. The standard InChI is InChI=1S/C14H15NO5/c1-3-18-14(16)13-9-7-19-12-8(11(9)15-20-13)5-4-6-10(12)17-2/h4-6,9,13H,3,7H2,1-2H3. The van der Waals surface area contributed by atoms with Gasteiger partial charge in [0.1, 0.15) is 12.3 Å². The molecule has 2 aliphatic heterocycles. The van der Waals surface area contributed by atoms with Gasteiger partial charge in [0.25, 0.3) is 0 Å². The van der Waals surface area contributed by atoms with Crippen molar-refractivity contribution < 1.29 is 23.8 Å². The quantitative estimate of drug-likeness (QED) is 0.781. The Labute approximate surface area is 116 Å². The van der Waals surface area contributed by atoms with Gasteiger partial charge in [0.2, 0.25) is 6.10 Å². The highest BCUT2D eigenvalue weighted by Gasteiger charge is 2.45. The van der Waals surface area contributed by atoms with Crippen molar-refractivity contribution in [3.8, 4) is 11.5 Å². The Hall–Kier alpha value is -2.24. The van der Waals surface area contributed by atoms with E-state index in [0.717, 1.165) is 5.56 Å². The summed E-state index contributed by atoms with van der Waals surface area (Å²) in [7, 11) is 1.58. The van der Waals surface area contributed by atoms with E-state index < -0.39 is 12.1 Å². The molecule has 0 amide bonds. The normalized spacial score (nSPS) is 22.8. The van der Waals surface area contributed by atoms with Crippen LogP contribution in [0.1, 0.15) is 12.5 Å². The van der Waals surface area contributed by atoms with Gasteiger partial charge in [-0.25, -0.2) is 4.79 Å². The molecule has 20 heavy (non-hydrogen) atoms. The predicted octanol–water partition coefficient (Wildman–Crippen LogP) is 1.37. The first-order chi connectivity index (χ1) is 9.76. The zero-order valence-electron chi connectivity index (χ0n) is 11.3. The van der Waals surface area contributed by atoms with Gasteiger partial charge in [-0.3, -0.25) is 0 Å². The lowest BCUT2D eigenvalue weighted by Crippen LogP contribution is -2.39. The van der Waals surface area contributed by atoms with Gasteiger partial charge in [-0.2, -0.15) is 0 Å². The van der Waals surface area contributed by atoms with Gasteiger partial charge in [0.05, 0.1) is 19.6 Å². The minimum Gasteiger partial charge on any atom is -0.493 e. The average Bonchev–Trinajstić information content (AvgIpc) is 2.91. The lowest BCUT2D eigenvalue weighted by atomic mass is 9.90. The summed E-state index contributed by atoms with van der Waals surface area (Å²) in [6, 6.07) is 5.54. The Balaban J connectivity index is 1.91. The minimum absolute atomic E-state index is 0.242. The van der Waals surface area contributed by atoms with Crippen molar-refractivity contribution in [1.29, 1.82) is 0 Å². The van der Waals surface area contributed by atoms with Gasteiger partial charge in [0, 0.05) is 5.56 Å². The second-order valence-electron chi connectivity index (χ2n) is 4.51. The summed E-state index contributed by atoms with van der Waals surface area (Å²) in [6.07, 6.45) is -0.732. The molecule has 3 rings (SSSR count). The maximum Gasteiger partial charge on any atom is 0.351 e. The number of oxime groups is 1. The predicted molar refractivity (Wildman–Crippen MR) is 70.0 cm³/mol. The SMILES string of the molecule is CCOC(=O)C1ON=C2c3cccc(OC)c3OCC21. The van der Waals surface area contributed by atoms with E-state index in [9.17, 15) is 4.79 Å². The van der Waals surface area contributed by atoms with Crippen molar-refractivity contribution in [3.63, 3.8) is 0 Å². The molecule has 6 heteroatoms. The number of nitrogens with zero attached hydrogens (tertiary/aromatic N) is 1. The van der Waals surface area contributed by atoms with Crippen molar-refractivity contribution in [3.05, 3.63) is 23.8 Å². The summed E-state index contributed by atoms with van der Waals surface area (Å²) >= 11 is 0. The highest BCUT2D eigenvalue weighted by Crippen LogP contribution is 2.39. The van der Waals surface area contributed by atoms with Crippen molar-refractivity contribution >= 4 is 11.7 Å². The number of para-hydroxylation sites is 1. The van der Waals surface area contributed by atoms with E-state index in [1.807, 2.05) is 18.2 Å². The molecule has 0 N–H and O–H groups in total. The van der Waals surface area contributed by atoms with E-state index in [1.54, 1.807) is 14.0 Å². The van der Waals surface area contributed by atoms with Crippen LogP contribution in [0.4, 0.5) is 0 Å². The first-order valence-corrected chi connectivity index (χ1v) is 6.46. The van der Waals surface area contributed by atoms with E-state index in [-0.39, 0.29) is 5.92 Å². The van der Waals surface area contributed by atoms with E-state index in [4.69, 9.17) is 19.0 Å². The van der Waals surface area contributed by atoms with Gasteiger partial charge in [0.15, 0.2) is 11.5 Å². The summed E-state index contributed by atoms with van der Waals surface area (Å²) in [5, 5.41) is 4.04. The Morgan fingerprint density at radius 3 is 3.10 bits per heavy atom. The number of ether oxygens (including phenoxy) is 3. The van der Waals surface area contributed by atoms with Crippen LogP contribution in [-0.4, -0.2) is 38.1 Å². The Morgan fingerprint density at radius 1 is 1.50 bits per heavy atom. The number of rotatable bonds is 3. The monoisotopic (exact) mass is 277 g/mol. The first-order valence-electron chi connectivity index (χ1n) is 6.46. The third kappa shape index (κ3) is 1.88. The summed E-state index contributed by atoms with van der Waals surface area (Å²) in [4.78, 5) is 17.1. The average molecular weight is 277 g/mol. The number of fused-ring (bicyclic) bond motifs is 3. The first kappa shape index (κ1) is 12.8. The maximum absolute atomic E-state index is 11.8. The van der Waals surface area contributed by atoms with Crippen LogP contribution in [0.15, 0.2) is 23.4 Å². The number of carbonyl (C=O) groups is 1. The summed E-state index contributed by atoms with van der Waals surface area (Å²) < 4.78 is 16.0. The van der Waals surface area contributed by atoms with Crippen molar-refractivity contribution in [2.24, 2.45) is 11.1 Å². The van der Waals surface area contributed by atoms with Gasteiger partial charge in [-0.05, 0) is 19.1 Å². The summed E-state index contributed by atoms with van der Waals surface area (Å²) in [6.45, 7) is 2.38. The number of hydrogen-bond donors (Lipinski definition) is 0. The van der Waals surface area contributed by atoms with Crippen LogP contribution >= 0.6 is 0 Å². The van der Waals surface area contributed by atoms with Crippen molar-refractivity contribution in [1.82, 2.24) is 0 Å². The van der Waals surface area contributed by atoms with Crippen LogP contribution in [0.3, 0.4) is 0 Å². The third-order valence-corrected chi connectivity index (χ3v) is 3.38. The van der Waals surface area contributed by atoms with Gasteiger partial charge in [-0.15, -0.1) is 0 Å². The second kappa shape index (κ2) is 5.03. The molecule has 0 fully saturated rings. The van der Waals surface area contributed by atoms with Crippen LogP contribution in [0.5, 0.6) is 11.5 Å². The molecular weight excluding hydrogens is 262 g/mol. The summed E-state index contributed by atoms with van der Waals surface area (Å²) in [5.41, 5.74) is 1.51. The van der Waals surface area contributed by atoms with E-state index in [0.29, 0.717) is 30.4 Å². The van der Waals surface area contributed by atoms with E-state index >= 15 is 0 Å². The van der Waals surface area contributed by atoms with Gasteiger partial charge >= 0.3 is 5.97 Å². The Kier molecular flexibility index (Phi) is 3.22. The largest absolute Gasteiger partial charge is 0.493 e. The molecule has 0 aromatic heterocycles. The number of esters is 1. The zero-order chi connectivity index (χ0) is 14.1. The fraction of sp³-hybridized carbons (Fsp3) is 0.429. The van der Waals surface area contributed by atoms with Crippen LogP contribution in [0, 0.1) is 5.92 Å². The molecule has 0 radical (unpaired) electrons. The molecule has 6 nitrogen and oxygen atoms in total.